The van der Waals surface area contributed by atoms with Gasteiger partial charge in [0.05, 0.1) is 11.1 Å². The summed E-state index contributed by atoms with van der Waals surface area (Å²) < 4.78 is 0. The van der Waals surface area contributed by atoms with Gasteiger partial charge in [-0.05, 0) is 23.5 Å². The highest BCUT2D eigenvalue weighted by atomic mass is 28.3. The molecule has 1 rings (SSSR count). The van der Waals surface area contributed by atoms with Crippen molar-refractivity contribution in [2.24, 2.45) is 0 Å². The molecule has 0 spiro atoms. The first-order chi connectivity index (χ1) is 9.23. The van der Waals surface area contributed by atoms with Crippen molar-refractivity contribution in [2.75, 3.05) is 0 Å². The number of rotatable bonds is 4. The van der Waals surface area contributed by atoms with E-state index in [9.17, 15) is 4.79 Å². The second-order valence-corrected chi connectivity index (χ2v) is 12.1. The molecule has 20 heavy (non-hydrogen) atoms. The fourth-order valence-corrected chi connectivity index (χ4v) is 8.58. The number of carbonyl (C=O) groups excluding carboxylic acids is 1. The van der Waals surface area contributed by atoms with Crippen LogP contribution in [0.2, 0.25) is 16.6 Å². The van der Waals surface area contributed by atoms with Gasteiger partial charge in [0.25, 0.3) is 0 Å². The molecule has 110 valence electrons. The maximum Gasteiger partial charge on any atom is 0.162 e. The van der Waals surface area contributed by atoms with E-state index in [0.717, 1.165) is 5.56 Å². The lowest BCUT2D eigenvalue weighted by molar-refractivity contribution is 0.101. The van der Waals surface area contributed by atoms with Crippen LogP contribution in [-0.2, 0) is 0 Å². The summed E-state index contributed by atoms with van der Waals surface area (Å²) in [6.45, 7) is 15.4. The first-order valence-electron chi connectivity index (χ1n) is 7.44. The van der Waals surface area contributed by atoms with E-state index in [1.165, 1.54) is 0 Å². The summed E-state index contributed by atoms with van der Waals surface area (Å²) in [6, 6.07) is 0. The summed E-state index contributed by atoms with van der Waals surface area (Å²) in [5.41, 5.74) is 7.01. The van der Waals surface area contributed by atoms with Crippen LogP contribution in [0.15, 0.2) is 12.4 Å². The molecule has 0 saturated heterocycles. The van der Waals surface area contributed by atoms with Crippen molar-refractivity contribution in [3.63, 3.8) is 0 Å². The van der Waals surface area contributed by atoms with Crippen LogP contribution in [0.3, 0.4) is 0 Å². The molecule has 1 aromatic rings. The van der Waals surface area contributed by atoms with Gasteiger partial charge in [-0.15, -0.1) is 5.54 Å². The monoisotopic (exact) mass is 289 g/mol. The SMILES string of the molecule is CC(=O)c1c[nH]cc1C#C[Si](C(C)C)(C(C)C)C(C)C. The van der Waals surface area contributed by atoms with E-state index in [2.05, 4.69) is 58.0 Å². The largest absolute Gasteiger partial charge is 0.366 e. The predicted molar refractivity (Wildman–Crippen MR) is 88.7 cm³/mol. The van der Waals surface area contributed by atoms with E-state index < -0.39 is 8.07 Å². The van der Waals surface area contributed by atoms with Gasteiger partial charge in [0.1, 0.15) is 8.07 Å². The van der Waals surface area contributed by atoms with Gasteiger partial charge in [-0.25, -0.2) is 0 Å². The molecular formula is C17H27NOSi. The first-order valence-corrected chi connectivity index (χ1v) is 9.67. The minimum atomic E-state index is -1.73. The Hall–Kier alpha value is -1.27. The van der Waals surface area contributed by atoms with Gasteiger partial charge in [0.15, 0.2) is 5.78 Å². The number of aromatic amines is 1. The summed E-state index contributed by atoms with van der Waals surface area (Å²) >= 11 is 0. The van der Waals surface area contributed by atoms with Gasteiger partial charge in [-0.2, -0.15) is 0 Å². The van der Waals surface area contributed by atoms with Crippen molar-refractivity contribution in [1.29, 1.82) is 0 Å². The van der Waals surface area contributed by atoms with Gasteiger partial charge >= 0.3 is 0 Å². The molecule has 1 heterocycles. The molecule has 0 amide bonds. The van der Waals surface area contributed by atoms with E-state index in [0.29, 0.717) is 22.2 Å². The molecule has 0 aliphatic carbocycles. The van der Waals surface area contributed by atoms with Gasteiger partial charge in [-0.1, -0.05) is 47.5 Å². The molecule has 0 aromatic carbocycles. The Bertz CT molecular complexity index is 507. The second kappa shape index (κ2) is 6.45. The maximum atomic E-state index is 11.6. The molecule has 1 aromatic heterocycles. The first kappa shape index (κ1) is 16.8. The van der Waals surface area contributed by atoms with Gasteiger partial charge < -0.3 is 4.98 Å². The molecule has 0 aliphatic rings. The van der Waals surface area contributed by atoms with Crippen molar-refractivity contribution in [2.45, 2.75) is 65.1 Å². The summed E-state index contributed by atoms with van der Waals surface area (Å²) in [6.07, 6.45) is 3.58. The van der Waals surface area contributed by atoms with E-state index in [-0.39, 0.29) is 5.78 Å². The fourth-order valence-electron chi connectivity index (χ4n) is 3.37. The highest BCUT2D eigenvalue weighted by Crippen LogP contribution is 2.40. The van der Waals surface area contributed by atoms with Crippen molar-refractivity contribution in [1.82, 2.24) is 4.98 Å². The van der Waals surface area contributed by atoms with Crippen molar-refractivity contribution in [3.8, 4) is 11.5 Å². The van der Waals surface area contributed by atoms with Crippen LogP contribution in [0.4, 0.5) is 0 Å². The Labute approximate surface area is 124 Å². The average molecular weight is 289 g/mol. The molecule has 0 bridgehead atoms. The van der Waals surface area contributed by atoms with Crippen LogP contribution >= 0.6 is 0 Å². The summed E-state index contributed by atoms with van der Waals surface area (Å²) in [5.74, 6) is 3.39. The van der Waals surface area contributed by atoms with Gasteiger partial charge in [0.2, 0.25) is 0 Å². The highest BCUT2D eigenvalue weighted by molar-refractivity contribution is 6.90. The van der Waals surface area contributed by atoms with E-state index >= 15 is 0 Å². The number of ketones is 1. The Morgan fingerprint density at radius 1 is 1.05 bits per heavy atom. The van der Waals surface area contributed by atoms with E-state index in [4.69, 9.17) is 0 Å². The zero-order chi connectivity index (χ0) is 15.5. The maximum absolute atomic E-state index is 11.6. The van der Waals surface area contributed by atoms with Crippen LogP contribution in [-0.4, -0.2) is 18.8 Å². The van der Waals surface area contributed by atoms with Gasteiger partial charge in [-0.3, -0.25) is 4.79 Å². The van der Waals surface area contributed by atoms with Crippen LogP contribution in [0, 0.1) is 11.5 Å². The molecule has 0 unspecified atom stereocenters. The zero-order valence-electron chi connectivity index (χ0n) is 13.8. The van der Waals surface area contributed by atoms with Crippen LogP contribution in [0.5, 0.6) is 0 Å². The third kappa shape index (κ3) is 3.07. The van der Waals surface area contributed by atoms with Crippen LogP contribution < -0.4 is 0 Å². The Balaban J connectivity index is 3.31. The smallest absolute Gasteiger partial charge is 0.162 e. The number of hydrogen-bond donors (Lipinski definition) is 1. The predicted octanol–water partition coefficient (Wildman–Crippen LogP) is 4.79. The third-order valence-electron chi connectivity index (χ3n) is 4.40. The molecule has 3 heteroatoms. The quantitative estimate of drug-likeness (QED) is 0.482. The topological polar surface area (TPSA) is 32.9 Å². The lowest BCUT2D eigenvalue weighted by atomic mass is 10.1. The van der Waals surface area contributed by atoms with Crippen LogP contribution in [0.1, 0.15) is 64.4 Å². The Kier molecular flexibility index (Phi) is 5.41. The summed E-state index contributed by atoms with van der Waals surface area (Å²) in [4.78, 5) is 14.6. The molecular weight excluding hydrogens is 262 g/mol. The number of Topliss-reactive ketones (excluding diaryl/α,β-unsaturated/α-hetero) is 1. The molecule has 2 nitrogen and oxygen atoms in total. The second-order valence-electron chi connectivity index (χ2n) is 6.49. The lowest BCUT2D eigenvalue weighted by Crippen LogP contribution is -2.43. The molecule has 0 aliphatic heterocycles. The molecule has 0 fully saturated rings. The molecule has 0 saturated carbocycles. The lowest BCUT2D eigenvalue weighted by Gasteiger charge is -2.38. The highest BCUT2D eigenvalue weighted by Gasteiger charge is 2.41. The standard InChI is InChI=1S/C17H27NOSi/c1-12(2)20(13(3)4,14(5)6)9-8-16-10-18-11-17(16)15(7)19/h10-14,18H,1-7H3. The molecule has 1 N–H and O–H groups in total. The Morgan fingerprint density at radius 2 is 1.55 bits per heavy atom. The van der Waals surface area contributed by atoms with E-state index in [1.807, 2.05) is 6.20 Å². The fraction of sp³-hybridized carbons (Fsp3) is 0.588. The minimum Gasteiger partial charge on any atom is -0.366 e. The third-order valence-corrected chi connectivity index (χ3v) is 10.7. The zero-order valence-corrected chi connectivity index (χ0v) is 14.8. The number of H-pyrrole nitrogens is 1. The van der Waals surface area contributed by atoms with Crippen molar-refractivity contribution < 1.29 is 4.79 Å². The van der Waals surface area contributed by atoms with Crippen molar-refractivity contribution >= 4 is 13.9 Å². The summed E-state index contributed by atoms with van der Waals surface area (Å²) in [7, 11) is -1.73. The number of nitrogens with one attached hydrogen (secondary N) is 1. The van der Waals surface area contributed by atoms with Gasteiger partial charge in [0, 0.05) is 12.4 Å². The van der Waals surface area contributed by atoms with Crippen molar-refractivity contribution in [3.05, 3.63) is 23.5 Å². The van der Waals surface area contributed by atoms with E-state index in [1.54, 1.807) is 13.1 Å². The number of hydrogen-bond acceptors (Lipinski definition) is 1. The minimum absolute atomic E-state index is 0.0708. The van der Waals surface area contributed by atoms with Crippen LogP contribution in [0.25, 0.3) is 0 Å². The average Bonchev–Trinajstić information content (AvgIpc) is 2.76. The summed E-state index contributed by atoms with van der Waals surface area (Å²) in [5, 5.41) is 0. The normalized spacial score (nSPS) is 11.9. The Morgan fingerprint density at radius 3 is 1.95 bits per heavy atom. The molecule has 0 atom stereocenters. The number of carbonyl (C=O) groups is 1. The number of aromatic nitrogens is 1. The molecule has 0 radical (unpaired) electrons.